The van der Waals surface area contributed by atoms with Crippen LogP contribution in [0.15, 0.2) is 0 Å². The summed E-state index contributed by atoms with van der Waals surface area (Å²) >= 11 is 7.01. The molecule has 0 unspecified atom stereocenters. The minimum Gasteiger partial charge on any atom is -0.335 e. The lowest BCUT2D eigenvalue weighted by Crippen LogP contribution is -2.30. The molecule has 0 N–H and O–H groups in total. The zero-order valence-electron chi connectivity index (χ0n) is 8.66. The largest absolute Gasteiger partial charge is 0.335 e. The highest BCUT2D eigenvalue weighted by atomic mass is 35.5. The van der Waals surface area contributed by atoms with Gasteiger partial charge in [-0.05, 0) is 18.0 Å². The van der Waals surface area contributed by atoms with Crippen LogP contribution in [0.4, 0.5) is 0 Å². The monoisotopic (exact) mass is 245 g/mol. The number of carbonyl (C=O) groups is 1. The van der Waals surface area contributed by atoms with E-state index in [1.54, 1.807) is 0 Å². The minimum atomic E-state index is -0.228. The molecule has 82 valence electrons. The molecule has 1 aromatic heterocycles. The van der Waals surface area contributed by atoms with Crippen LogP contribution in [-0.4, -0.2) is 27.5 Å². The van der Waals surface area contributed by atoms with Crippen LogP contribution >= 0.6 is 22.9 Å². The fraction of sp³-hybridized carbons (Fsp3) is 0.667. The third-order valence-corrected chi connectivity index (χ3v) is 3.64. The van der Waals surface area contributed by atoms with Gasteiger partial charge in [0.2, 0.25) is 10.4 Å². The fourth-order valence-corrected chi connectivity index (χ4v) is 2.55. The summed E-state index contributed by atoms with van der Waals surface area (Å²) in [5, 5.41) is 8.42. The number of likely N-dealkylation sites (tertiary alicyclic amines) is 1. The minimum absolute atomic E-state index is 0.189. The lowest BCUT2D eigenvalue weighted by Gasteiger charge is -2.17. The van der Waals surface area contributed by atoms with Crippen LogP contribution in [0.3, 0.4) is 0 Å². The van der Waals surface area contributed by atoms with Crippen molar-refractivity contribution >= 4 is 28.8 Å². The number of amides is 1. The van der Waals surface area contributed by atoms with Crippen molar-refractivity contribution in [3.05, 3.63) is 9.47 Å². The maximum absolute atomic E-state index is 11.9. The quantitative estimate of drug-likeness (QED) is 0.800. The smallest absolute Gasteiger partial charge is 0.228 e. The summed E-state index contributed by atoms with van der Waals surface area (Å²) in [7, 11) is 0. The lowest BCUT2D eigenvalue weighted by atomic mass is 9.92. The van der Waals surface area contributed by atoms with Crippen molar-refractivity contribution in [2.24, 2.45) is 5.41 Å². The average Bonchev–Trinajstić information content (AvgIpc) is 2.66. The summed E-state index contributed by atoms with van der Waals surface area (Å²) in [4.78, 5) is 13.7. The Morgan fingerprint density at radius 3 is 2.73 bits per heavy atom. The predicted octanol–water partition coefficient (Wildman–Crippen LogP) is 1.95. The van der Waals surface area contributed by atoms with Gasteiger partial charge in [-0.2, -0.15) is 0 Å². The Kier molecular flexibility index (Phi) is 2.68. The summed E-state index contributed by atoms with van der Waals surface area (Å²) in [6.07, 6.45) is 0.901. The average molecular weight is 246 g/mol. The van der Waals surface area contributed by atoms with Gasteiger partial charge in [0.05, 0.1) is 6.54 Å². The predicted molar refractivity (Wildman–Crippen MR) is 58.7 cm³/mol. The number of hydrogen-bond donors (Lipinski definition) is 0. The standard InChI is InChI=1S/C9H12ClN3OS/c1-9(2)3-4-13(7(9)14)5-6-11-12-8(10)15-6/h3-5H2,1-2H3. The SMILES string of the molecule is CC1(C)CCN(Cc2nnc(Cl)s2)C1=O. The van der Waals surface area contributed by atoms with E-state index in [-0.39, 0.29) is 11.3 Å². The molecule has 0 bridgehead atoms. The molecule has 0 saturated carbocycles. The molecule has 4 nitrogen and oxygen atoms in total. The van der Waals surface area contributed by atoms with Crippen LogP contribution < -0.4 is 0 Å². The van der Waals surface area contributed by atoms with Gasteiger partial charge < -0.3 is 4.90 Å². The van der Waals surface area contributed by atoms with Crippen molar-refractivity contribution < 1.29 is 4.79 Å². The number of halogens is 1. The molecule has 15 heavy (non-hydrogen) atoms. The molecule has 1 aliphatic heterocycles. The molecule has 1 saturated heterocycles. The van der Waals surface area contributed by atoms with Crippen LogP contribution in [0.25, 0.3) is 0 Å². The number of aromatic nitrogens is 2. The highest BCUT2D eigenvalue weighted by Gasteiger charge is 2.38. The summed E-state index contributed by atoms with van der Waals surface area (Å²) in [6, 6.07) is 0. The molecule has 6 heteroatoms. The fourth-order valence-electron chi connectivity index (χ4n) is 1.66. The second kappa shape index (κ2) is 3.72. The first-order valence-electron chi connectivity index (χ1n) is 4.76. The van der Waals surface area contributed by atoms with Crippen molar-refractivity contribution in [3.63, 3.8) is 0 Å². The van der Waals surface area contributed by atoms with Crippen LogP contribution in [0, 0.1) is 5.41 Å². The molecule has 1 aromatic rings. The molecule has 1 aliphatic rings. The first kappa shape index (κ1) is 10.8. The Hall–Kier alpha value is -0.680. The van der Waals surface area contributed by atoms with Gasteiger partial charge >= 0.3 is 0 Å². The first-order valence-corrected chi connectivity index (χ1v) is 5.96. The lowest BCUT2D eigenvalue weighted by molar-refractivity contribution is -0.135. The van der Waals surface area contributed by atoms with Gasteiger partial charge in [-0.25, -0.2) is 0 Å². The van der Waals surface area contributed by atoms with E-state index < -0.39 is 0 Å². The van der Waals surface area contributed by atoms with E-state index in [9.17, 15) is 4.79 Å². The molecule has 0 radical (unpaired) electrons. The van der Waals surface area contributed by atoms with E-state index in [2.05, 4.69) is 10.2 Å². The molecule has 0 spiro atoms. The summed E-state index contributed by atoms with van der Waals surface area (Å²) in [5.74, 6) is 0.189. The van der Waals surface area contributed by atoms with Gasteiger partial charge in [0.1, 0.15) is 5.01 Å². The van der Waals surface area contributed by atoms with Crippen LogP contribution in [0.1, 0.15) is 25.3 Å². The molecular weight excluding hydrogens is 234 g/mol. The number of carbonyl (C=O) groups excluding carboxylic acids is 1. The highest BCUT2D eigenvalue weighted by molar-refractivity contribution is 7.15. The van der Waals surface area contributed by atoms with Gasteiger partial charge in [-0.3, -0.25) is 4.79 Å². The zero-order valence-corrected chi connectivity index (χ0v) is 10.2. The second-order valence-corrected chi connectivity index (χ2v) is 5.95. The van der Waals surface area contributed by atoms with E-state index in [1.807, 2.05) is 18.7 Å². The molecule has 2 rings (SSSR count). The van der Waals surface area contributed by atoms with Gasteiger partial charge in [0, 0.05) is 12.0 Å². The number of rotatable bonds is 2. The van der Waals surface area contributed by atoms with Crippen LogP contribution in [0.2, 0.25) is 4.47 Å². The van der Waals surface area contributed by atoms with Crippen molar-refractivity contribution in [1.29, 1.82) is 0 Å². The third kappa shape index (κ3) is 2.13. The molecule has 1 fully saturated rings. The first-order chi connectivity index (χ1) is 6.99. The Morgan fingerprint density at radius 2 is 2.27 bits per heavy atom. The zero-order chi connectivity index (χ0) is 11.1. The van der Waals surface area contributed by atoms with E-state index in [0.29, 0.717) is 11.0 Å². The maximum atomic E-state index is 11.9. The summed E-state index contributed by atoms with van der Waals surface area (Å²) in [5.41, 5.74) is -0.228. The maximum Gasteiger partial charge on any atom is 0.228 e. The molecule has 0 aliphatic carbocycles. The normalized spacial score (nSPS) is 19.9. The molecule has 0 aromatic carbocycles. The van der Waals surface area contributed by atoms with E-state index >= 15 is 0 Å². The van der Waals surface area contributed by atoms with Crippen LogP contribution in [0.5, 0.6) is 0 Å². The van der Waals surface area contributed by atoms with E-state index in [1.165, 1.54) is 11.3 Å². The Balaban J connectivity index is 2.06. The second-order valence-electron chi connectivity index (χ2n) is 4.31. The van der Waals surface area contributed by atoms with Crippen molar-refractivity contribution in [3.8, 4) is 0 Å². The van der Waals surface area contributed by atoms with E-state index in [0.717, 1.165) is 18.0 Å². The number of hydrogen-bond acceptors (Lipinski definition) is 4. The Bertz CT molecular complexity index is 390. The molecule has 0 atom stereocenters. The van der Waals surface area contributed by atoms with Gasteiger partial charge in [-0.15, -0.1) is 10.2 Å². The Labute approximate surface area is 97.3 Å². The molecule has 2 heterocycles. The molecule has 1 amide bonds. The highest BCUT2D eigenvalue weighted by Crippen LogP contribution is 2.31. The van der Waals surface area contributed by atoms with Gasteiger partial charge in [-0.1, -0.05) is 25.2 Å². The van der Waals surface area contributed by atoms with Gasteiger partial charge in [0.15, 0.2) is 0 Å². The van der Waals surface area contributed by atoms with E-state index in [4.69, 9.17) is 11.6 Å². The Morgan fingerprint density at radius 1 is 1.53 bits per heavy atom. The summed E-state index contributed by atoms with van der Waals surface area (Å²) < 4.78 is 0.427. The van der Waals surface area contributed by atoms with Crippen molar-refractivity contribution in [1.82, 2.24) is 15.1 Å². The molecular formula is C9H12ClN3OS. The topological polar surface area (TPSA) is 46.1 Å². The van der Waals surface area contributed by atoms with Crippen LogP contribution in [-0.2, 0) is 11.3 Å². The number of nitrogens with zero attached hydrogens (tertiary/aromatic N) is 3. The van der Waals surface area contributed by atoms with Crippen molar-refractivity contribution in [2.45, 2.75) is 26.8 Å². The third-order valence-electron chi connectivity index (χ3n) is 2.64. The summed E-state index contributed by atoms with van der Waals surface area (Å²) in [6.45, 7) is 5.28. The van der Waals surface area contributed by atoms with Crippen molar-refractivity contribution in [2.75, 3.05) is 6.54 Å². The van der Waals surface area contributed by atoms with Gasteiger partial charge in [0.25, 0.3) is 0 Å².